The predicted molar refractivity (Wildman–Crippen MR) is 55.6 cm³/mol. The van der Waals surface area contributed by atoms with E-state index in [2.05, 4.69) is 36.8 Å². The molecule has 2 aromatic rings. The van der Waals surface area contributed by atoms with Crippen LogP contribution in [0.15, 0.2) is 27.5 Å². The number of imidazole rings is 1. The minimum atomic E-state index is 0.634. The van der Waals surface area contributed by atoms with Crippen LogP contribution in [-0.4, -0.2) is 9.38 Å². The van der Waals surface area contributed by atoms with Gasteiger partial charge in [-0.2, -0.15) is 0 Å². The number of hydrogen-bond donors (Lipinski definition) is 0. The predicted octanol–water partition coefficient (Wildman–Crippen LogP) is 3.51. The van der Waals surface area contributed by atoms with E-state index in [-0.39, 0.29) is 0 Å². The van der Waals surface area contributed by atoms with Crippen molar-refractivity contribution in [2.75, 3.05) is 0 Å². The van der Waals surface area contributed by atoms with Crippen LogP contribution in [0.5, 0.6) is 0 Å². The molecule has 0 aliphatic rings. The zero-order valence-electron chi connectivity index (χ0n) is 5.76. The third kappa shape index (κ3) is 1.39. The largest absolute Gasteiger partial charge is 0.304 e. The highest BCUT2D eigenvalue weighted by atomic mass is 79.9. The number of pyridine rings is 1. The molecule has 0 bridgehead atoms. The van der Waals surface area contributed by atoms with Crippen molar-refractivity contribution in [2.45, 2.75) is 0 Å². The highest BCUT2D eigenvalue weighted by Gasteiger charge is 2.03. The van der Waals surface area contributed by atoms with Crippen LogP contribution in [-0.2, 0) is 0 Å². The van der Waals surface area contributed by atoms with Gasteiger partial charge in [0.1, 0.15) is 4.60 Å². The van der Waals surface area contributed by atoms with E-state index in [1.54, 1.807) is 0 Å². The van der Waals surface area contributed by atoms with Crippen molar-refractivity contribution < 1.29 is 0 Å². The Bertz CT molecular complexity index is 438. The maximum Gasteiger partial charge on any atom is 0.156 e. The molecule has 2 nitrogen and oxygen atoms in total. The van der Waals surface area contributed by atoms with Crippen LogP contribution in [0.4, 0.5) is 0 Å². The van der Waals surface area contributed by atoms with Gasteiger partial charge < -0.3 is 4.40 Å². The Labute approximate surface area is 90.8 Å². The average Bonchev–Trinajstić information content (AvgIpc) is 2.29. The first-order valence-electron chi connectivity index (χ1n) is 3.16. The molecule has 0 amide bonds. The maximum absolute atomic E-state index is 5.94. The molecule has 0 aliphatic carbocycles. The van der Waals surface area contributed by atoms with Crippen LogP contribution in [0.25, 0.3) is 5.65 Å². The number of aromatic nitrogens is 2. The Morgan fingerprint density at radius 2 is 2.08 bits per heavy atom. The Morgan fingerprint density at radius 1 is 1.33 bits per heavy atom. The summed E-state index contributed by atoms with van der Waals surface area (Å²) in [6.07, 6.45) is 3.75. The lowest BCUT2D eigenvalue weighted by Crippen LogP contribution is -1.83. The molecule has 12 heavy (non-hydrogen) atoms. The summed E-state index contributed by atoms with van der Waals surface area (Å²) in [6.45, 7) is 0. The first-order chi connectivity index (χ1) is 5.66. The van der Waals surface area contributed by atoms with E-state index in [1.807, 2.05) is 22.9 Å². The first-order valence-corrected chi connectivity index (χ1v) is 5.12. The summed E-state index contributed by atoms with van der Waals surface area (Å²) < 4.78 is 3.57. The van der Waals surface area contributed by atoms with Gasteiger partial charge in [0.15, 0.2) is 5.65 Å². The van der Waals surface area contributed by atoms with Crippen molar-refractivity contribution in [3.05, 3.63) is 32.6 Å². The van der Waals surface area contributed by atoms with E-state index >= 15 is 0 Å². The van der Waals surface area contributed by atoms with Crippen LogP contribution >= 0.6 is 43.5 Å². The number of halogens is 3. The van der Waals surface area contributed by atoms with E-state index in [0.717, 1.165) is 14.7 Å². The van der Waals surface area contributed by atoms with Gasteiger partial charge in [-0.15, -0.1) is 0 Å². The molecular weight excluding hydrogens is 307 g/mol. The van der Waals surface area contributed by atoms with E-state index < -0.39 is 0 Å². The standard InChI is InChI=1S/C7H3Br2ClN2/c8-4-1-5(10)7-11-6(9)3-12(7)2-4/h1-3H. The molecule has 2 heterocycles. The summed E-state index contributed by atoms with van der Waals surface area (Å²) in [7, 11) is 0. The van der Waals surface area contributed by atoms with Crippen molar-refractivity contribution in [3.8, 4) is 0 Å². The monoisotopic (exact) mass is 308 g/mol. The molecule has 5 heteroatoms. The second-order valence-corrected chi connectivity index (χ2v) is 4.44. The van der Waals surface area contributed by atoms with Gasteiger partial charge in [-0.25, -0.2) is 4.98 Å². The van der Waals surface area contributed by atoms with Gasteiger partial charge in [-0.05, 0) is 37.9 Å². The smallest absolute Gasteiger partial charge is 0.156 e. The minimum Gasteiger partial charge on any atom is -0.304 e. The van der Waals surface area contributed by atoms with Crippen molar-refractivity contribution in [1.29, 1.82) is 0 Å². The fraction of sp³-hybridized carbons (Fsp3) is 0. The van der Waals surface area contributed by atoms with Gasteiger partial charge in [0, 0.05) is 16.9 Å². The van der Waals surface area contributed by atoms with Crippen molar-refractivity contribution in [1.82, 2.24) is 9.38 Å². The molecule has 0 N–H and O–H groups in total. The van der Waals surface area contributed by atoms with Crippen LogP contribution < -0.4 is 0 Å². The SMILES string of the molecule is Clc1cc(Br)cn2cc(Br)nc12. The second-order valence-electron chi connectivity index (χ2n) is 2.30. The summed E-state index contributed by atoms with van der Waals surface area (Å²) in [5, 5.41) is 0.634. The maximum atomic E-state index is 5.94. The molecule has 0 unspecified atom stereocenters. The van der Waals surface area contributed by atoms with E-state index in [9.17, 15) is 0 Å². The lowest BCUT2D eigenvalue weighted by molar-refractivity contribution is 1.17. The molecule has 62 valence electrons. The molecule has 0 saturated heterocycles. The van der Waals surface area contributed by atoms with Crippen molar-refractivity contribution >= 4 is 49.1 Å². The summed E-state index contributed by atoms with van der Waals surface area (Å²) in [5.41, 5.74) is 0.756. The van der Waals surface area contributed by atoms with Gasteiger partial charge in [-0.1, -0.05) is 11.6 Å². The van der Waals surface area contributed by atoms with Crippen LogP contribution in [0.1, 0.15) is 0 Å². The van der Waals surface area contributed by atoms with Crippen molar-refractivity contribution in [3.63, 3.8) is 0 Å². The minimum absolute atomic E-state index is 0.634. The molecule has 0 aromatic carbocycles. The van der Waals surface area contributed by atoms with Gasteiger partial charge in [-0.3, -0.25) is 0 Å². The normalized spacial score (nSPS) is 10.9. The zero-order chi connectivity index (χ0) is 8.72. The third-order valence-electron chi connectivity index (χ3n) is 1.44. The lowest BCUT2D eigenvalue weighted by Gasteiger charge is -1.96. The number of nitrogens with zero attached hydrogens (tertiary/aromatic N) is 2. The molecule has 0 spiro atoms. The molecular formula is C7H3Br2ClN2. The van der Waals surface area contributed by atoms with E-state index in [4.69, 9.17) is 11.6 Å². The Balaban J connectivity index is 2.88. The summed E-state index contributed by atoms with van der Waals surface area (Å²) in [5.74, 6) is 0. The average molecular weight is 310 g/mol. The van der Waals surface area contributed by atoms with E-state index in [0.29, 0.717) is 5.02 Å². The second kappa shape index (κ2) is 3.01. The Hall–Kier alpha value is -0.0600. The molecule has 0 atom stereocenters. The quantitative estimate of drug-likeness (QED) is 0.728. The van der Waals surface area contributed by atoms with Gasteiger partial charge >= 0.3 is 0 Å². The van der Waals surface area contributed by atoms with Gasteiger partial charge in [0.25, 0.3) is 0 Å². The molecule has 0 radical (unpaired) electrons. The Morgan fingerprint density at radius 3 is 2.83 bits per heavy atom. The summed E-state index contributed by atoms with van der Waals surface area (Å²) in [6, 6.07) is 1.82. The summed E-state index contributed by atoms with van der Waals surface area (Å²) >= 11 is 12.6. The van der Waals surface area contributed by atoms with Crippen LogP contribution in [0.2, 0.25) is 5.02 Å². The van der Waals surface area contributed by atoms with Crippen LogP contribution in [0.3, 0.4) is 0 Å². The highest BCUT2D eigenvalue weighted by Crippen LogP contribution is 2.23. The number of rotatable bonds is 0. The third-order valence-corrected chi connectivity index (χ3v) is 2.54. The highest BCUT2D eigenvalue weighted by molar-refractivity contribution is 9.10. The van der Waals surface area contributed by atoms with Gasteiger partial charge in [0.05, 0.1) is 5.02 Å². The number of fused-ring (bicyclic) bond motifs is 1. The van der Waals surface area contributed by atoms with Crippen molar-refractivity contribution in [2.24, 2.45) is 0 Å². The van der Waals surface area contributed by atoms with Crippen LogP contribution in [0, 0.1) is 0 Å². The first kappa shape index (κ1) is 8.53. The molecule has 0 aliphatic heterocycles. The van der Waals surface area contributed by atoms with Gasteiger partial charge in [0.2, 0.25) is 0 Å². The topological polar surface area (TPSA) is 17.3 Å². The molecule has 2 aromatic heterocycles. The van der Waals surface area contributed by atoms with E-state index in [1.165, 1.54) is 0 Å². The molecule has 0 saturated carbocycles. The lowest BCUT2D eigenvalue weighted by atomic mass is 10.5. The number of hydrogen-bond acceptors (Lipinski definition) is 1. The fourth-order valence-electron chi connectivity index (χ4n) is 0.995. The Kier molecular flexibility index (Phi) is 2.14. The zero-order valence-corrected chi connectivity index (χ0v) is 9.69. The molecule has 2 rings (SSSR count). The summed E-state index contributed by atoms with van der Waals surface area (Å²) in [4.78, 5) is 4.18. The molecule has 0 fully saturated rings. The fourth-order valence-corrected chi connectivity index (χ4v) is 2.22.